The Morgan fingerprint density at radius 1 is 1.39 bits per heavy atom. The highest BCUT2D eigenvalue weighted by molar-refractivity contribution is 5.86. The van der Waals surface area contributed by atoms with Gasteiger partial charge >= 0.3 is 6.03 Å². The Morgan fingerprint density at radius 2 is 2.11 bits per heavy atom. The Bertz CT molecular complexity index is 296. The molecule has 0 heterocycles. The highest BCUT2D eigenvalue weighted by atomic mass is 16.2. The summed E-state index contributed by atoms with van der Waals surface area (Å²) in [6.45, 7) is 2.55. The van der Waals surface area contributed by atoms with Crippen LogP contribution in [0, 0.1) is 5.92 Å². The molecule has 6 heteroatoms. The van der Waals surface area contributed by atoms with Crippen molar-refractivity contribution in [2.45, 2.75) is 51.1 Å². The summed E-state index contributed by atoms with van der Waals surface area (Å²) in [6.07, 6.45) is 4.51. The van der Waals surface area contributed by atoms with Crippen molar-refractivity contribution in [1.82, 2.24) is 10.6 Å². The van der Waals surface area contributed by atoms with Gasteiger partial charge in [-0.15, -0.1) is 0 Å². The fourth-order valence-corrected chi connectivity index (χ4v) is 2.52. The molecule has 1 aliphatic rings. The Hall–Kier alpha value is -1.30. The zero-order chi connectivity index (χ0) is 13.5. The van der Waals surface area contributed by atoms with Crippen molar-refractivity contribution in [1.29, 1.82) is 0 Å². The molecule has 0 aromatic rings. The fraction of sp³-hybridized carbons (Fsp3) is 0.833. The minimum absolute atomic E-state index is 0.136. The smallest absolute Gasteiger partial charge is 0.312 e. The molecular weight excluding hydrogens is 232 g/mol. The second kappa shape index (κ2) is 7.20. The van der Waals surface area contributed by atoms with Crippen molar-refractivity contribution < 1.29 is 9.59 Å². The van der Waals surface area contributed by atoms with Gasteiger partial charge < -0.3 is 22.1 Å². The lowest BCUT2D eigenvalue weighted by atomic mass is 10.0. The molecule has 1 rings (SSSR count). The van der Waals surface area contributed by atoms with Crippen LogP contribution >= 0.6 is 0 Å². The van der Waals surface area contributed by atoms with Crippen LogP contribution in [0.4, 0.5) is 4.79 Å². The minimum Gasteiger partial charge on any atom is -0.352 e. The van der Waals surface area contributed by atoms with Crippen LogP contribution in [-0.4, -0.2) is 30.6 Å². The van der Waals surface area contributed by atoms with E-state index in [0.29, 0.717) is 18.9 Å². The van der Waals surface area contributed by atoms with E-state index in [-0.39, 0.29) is 11.9 Å². The van der Waals surface area contributed by atoms with Gasteiger partial charge in [-0.25, -0.2) is 4.79 Å². The number of hydrogen-bond donors (Lipinski definition) is 4. The highest BCUT2D eigenvalue weighted by Crippen LogP contribution is 2.24. The summed E-state index contributed by atoms with van der Waals surface area (Å²) < 4.78 is 0. The molecule has 0 radical (unpaired) electrons. The molecule has 1 aliphatic carbocycles. The average Bonchev–Trinajstić information content (AvgIpc) is 2.75. The molecule has 0 aromatic heterocycles. The standard InChI is InChI=1S/C12H24N4O2/c1-2-4-10(16-12(14)18)11(17)15-9-6-3-5-8(9)7-13/h8-10H,2-7,13H2,1H3,(H,15,17)(H3,14,16,18)/t8?,9?,10-/m1/s1. The van der Waals surface area contributed by atoms with Crippen LogP contribution in [0.3, 0.4) is 0 Å². The third kappa shape index (κ3) is 4.18. The minimum atomic E-state index is -0.662. The van der Waals surface area contributed by atoms with Crippen molar-refractivity contribution in [2.24, 2.45) is 17.4 Å². The largest absolute Gasteiger partial charge is 0.352 e. The van der Waals surface area contributed by atoms with Crippen LogP contribution in [0.25, 0.3) is 0 Å². The van der Waals surface area contributed by atoms with E-state index in [0.717, 1.165) is 25.7 Å². The Morgan fingerprint density at radius 3 is 2.67 bits per heavy atom. The number of carbonyl (C=O) groups is 2. The molecule has 6 nitrogen and oxygen atoms in total. The first-order chi connectivity index (χ1) is 8.58. The molecule has 0 spiro atoms. The molecule has 104 valence electrons. The van der Waals surface area contributed by atoms with Crippen LogP contribution < -0.4 is 22.1 Å². The summed E-state index contributed by atoms with van der Waals surface area (Å²) in [5.41, 5.74) is 10.7. The van der Waals surface area contributed by atoms with Crippen molar-refractivity contribution in [3.05, 3.63) is 0 Å². The number of amides is 3. The lowest BCUT2D eigenvalue weighted by molar-refractivity contribution is -0.124. The monoisotopic (exact) mass is 256 g/mol. The number of carbonyl (C=O) groups excluding carboxylic acids is 2. The molecule has 0 bridgehead atoms. The lowest BCUT2D eigenvalue weighted by Crippen LogP contribution is -2.52. The maximum absolute atomic E-state index is 12.1. The van der Waals surface area contributed by atoms with Gasteiger partial charge in [-0.1, -0.05) is 19.8 Å². The van der Waals surface area contributed by atoms with Crippen LogP contribution in [0.1, 0.15) is 39.0 Å². The van der Waals surface area contributed by atoms with E-state index in [1.54, 1.807) is 0 Å². The molecule has 18 heavy (non-hydrogen) atoms. The van der Waals surface area contributed by atoms with E-state index in [9.17, 15) is 9.59 Å². The molecule has 6 N–H and O–H groups in total. The molecule has 0 saturated heterocycles. The summed E-state index contributed by atoms with van der Waals surface area (Å²) in [6, 6.07) is -1.06. The first kappa shape index (κ1) is 14.8. The van der Waals surface area contributed by atoms with Gasteiger partial charge in [0.2, 0.25) is 5.91 Å². The number of nitrogens with one attached hydrogen (secondary N) is 2. The zero-order valence-corrected chi connectivity index (χ0v) is 10.9. The lowest BCUT2D eigenvalue weighted by Gasteiger charge is -2.23. The van der Waals surface area contributed by atoms with Gasteiger partial charge in [-0.2, -0.15) is 0 Å². The Kier molecular flexibility index (Phi) is 5.91. The summed E-state index contributed by atoms with van der Waals surface area (Å²) in [7, 11) is 0. The van der Waals surface area contributed by atoms with Crippen molar-refractivity contribution >= 4 is 11.9 Å². The zero-order valence-electron chi connectivity index (χ0n) is 10.9. The molecular formula is C12H24N4O2. The van der Waals surface area contributed by atoms with E-state index in [2.05, 4.69) is 10.6 Å². The predicted octanol–water partition coefficient (Wildman–Crippen LogP) is 0.0670. The molecule has 0 aromatic carbocycles. The van der Waals surface area contributed by atoms with Crippen LogP contribution in [0.5, 0.6) is 0 Å². The first-order valence-electron chi connectivity index (χ1n) is 6.64. The van der Waals surface area contributed by atoms with Gasteiger partial charge in [0.15, 0.2) is 0 Å². The number of rotatable bonds is 6. The molecule has 0 aliphatic heterocycles. The molecule has 1 saturated carbocycles. The average molecular weight is 256 g/mol. The molecule has 1 fully saturated rings. The number of urea groups is 1. The second-order valence-electron chi connectivity index (χ2n) is 4.89. The van der Waals surface area contributed by atoms with Gasteiger partial charge in [0, 0.05) is 6.04 Å². The molecule has 3 atom stereocenters. The first-order valence-corrected chi connectivity index (χ1v) is 6.64. The van der Waals surface area contributed by atoms with Crippen molar-refractivity contribution in [3.63, 3.8) is 0 Å². The molecule has 2 unspecified atom stereocenters. The quantitative estimate of drug-likeness (QED) is 0.539. The predicted molar refractivity (Wildman–Crippen MR) is 69.7 cm³/mol. The summed E-state index contributed by atoms with van der Waals surface area (Å²) in [5, 5.41) is 5.46. The summed E-state index contributed by atoms with van der Waals surface area (Å²) >= 11 is 0. The van der Waals surface area contributed by atoms with Gasteiger partial charge in [0.05, 0.1) is 0 Å². The van der Waals surface area contributed by atoms with E-state index in [4.69, 9.17) is 11.5 Å². The Labute approximate surface area is 108 Å². The summed E-state index contributed by atoms with van der Waals surface area (Å²) in [5.74, 6) is 0.200. The normalized spacial score (nSPS) is 24.6. The topological polar surface area (TPSA) is 110 Å². The third-order valence-electron chi connectivity index (χ3n) is 3.50. The number of nitrogens with two attached hydrogens (primary N) is 2. The van der Waals surface area contributed by atoms with Crippen LogP contribution in [0.15, 0.2) is 0 Å². The maximum Gasteiger partial charge on any atom is 0.312 e. The maximum atomic E-state index is 12.1. The van der Waals surface area contributed by atoms with Crippen molar-refractivity contribution in [2.75, 3.05) is 6.54 Å². The third-order valence-corrected chi connectivity index (χ3v) is 3.50. The van der Waals surface area contributed by atoms with Crippen molar-refractivity contribution in [3.8, 4) is 0 Å². The van der Waals surface area contributed by atoms with Gasteiger partial charge in [0.1, 0.15) is 6.04 Å². The van der Waals surface area contributed by atoms with E-state index < -0.39 is 12.1 Å². The molecule has 3 amide bonds. The van der Waals surface area contributed by atoms with Crippen LogP contribution in [0.2, 0.25) is 0 Å². The highest BCUT2D eigenvalue weighted by Gasteiger charge is 2.29. The van der Waals surface area contributed by atoms with Gasteiger partial charge in [-0.3, -0.25) is 4.79 Å². The van der Waals surface area contributed by atoms with E-state index >= 15 is 0 Å². The second-order valence-corrected chi connectivity index (χ2v) is 4.89. The van der Waals surface area contributed by atoms with Crippen LogP contribution in [-0.2, 0) is 4.79 Å². The van der Waals surface area contributed by atoms with Gasteiger partial charge in [0.25, 0.3) is 0 Å². The number of primary amides is 1. The fourth-order valence-electron chi connectivity index (χ4n) is 2.52. The number of hydrogen-bond acceptors (Lipinski definition) is 3. The SMILES string of the molecule is CCC[C@@H](NC(N)=O)C(=O)NC1CCCC1CN. The van der Waals surface area contributed by atoms with E-state index in [1.807, 2.05) is 6.92 Å². The Balaban J connectivity index is 2.52. The van der Waals surface area contributed by atoms with E-state index in [1.165, 1.54) is 0 Å². The van der Waals surface area contributed by atoms with Gasteiger partial charge in [-0.05, 0) is 31.7 Å². The summed E-state index contributed by atoms with van der Waals surface area (Å²) in [4.78, 5) is 22.9.